The lowest BCUT2D eigenvalue weighted by Gasteiger charge is -2.38. The van der Waals surface area contributed by atoms with Crippen LogP contribution >= 0.6 is 0 Å². The molecular formula is C18H19N7O. The highest BCUT2D eigenvalue weighted by atomic mass is 16.2. The van der Waals surface area contributed by atoms with Crippen molar-refractivity contribution >= 4 is 33.5 Å². The summed E-state index contributed by atoms with van der Waals surface area (Å²) in [5.74, 6) is -0.129. The molecule has 0 aromatic carbocycles. The van der Waals surface area contributed by atoms with Gasteiger partial charge in [-0.1, -0.05) is 0 Å². The predicted molar refractivity (Wildman–Crippen MR) is 97.4 cm³/mol. The van der Waals surface area contributed by atoms with Crippen LogP contribution in [0.15, 0.2) is 24.7 Å². The van der Waals surface area contributed by atoms with E-state index in [-0.39, 0.29) is 18.4 Å². The minimum atomic E-state index is -0.129. The number of carbonyl (C=O) groups excluding carboxylic acids is 1. The third kappa shape index (κ3) is 2.71. The zero-order valence-electron chi connectivity index (χ0n) is 14.5. The summed E-state index contributed by atoms with van der Waals surface area (Å²) in [7, 11) is 1.78. The topological polar surface area (TPSA) is 102 Å². The van der Waals surface area contributed by atoms with Gasteiger partial charge in [-0.2, -0.15) is 10.4 Å². The molecule has 4 rings (SSSR count). The first kappa shape index (κ1) is 16.3. The van der Waals surface area contributed by atoms with E-state index >= 15 is 0 Å². The van der Waals surface area contributed by atoms with Gasteiger partial charge in [0, 0.05) is 43.1 Å². The number of rotatable bonds is 3. The molecule has 8 nitrogen and oxygen atoms in total. The van der Waals surface area contributed by atoms with Crippen molar-refractivity contribution in [1.82, 2.24) is 25.1 Å². The van der Waals surface area contributed by atoms with E-state index in [1.807, 2.05) is 18.3 Å². The van der Waals surface area contributed by atoms with E-state index < -0.39 is 0 Å². The normalized spacial score (nSPS) is 17.4. The van der Waals surface area contributed by atoms with Gasteiger partial charge >= 0.3 is 0 Å². The molecule has 3 aromatic rings. The summed E-state index contributed by atoms with van der Waals surface area (Å²) in [6.07, 6.45) is 7.17. The first-order valence-corrected chi connectivity index (χ1v) is 8.63. The molecule has 1 fully saturated rings. The lowest BCUT2D eigenvalue weighted by atomic mass is 10.0. The maximum atomic E-state index is 12.1. The Morgan fingerprint density at radius 1 is 1.46 bits per heavy atom. The quantitative estimate of drug-likeness (QED) is 0.774. The molecule has 0 bridgehead atoms. The van der Waals surface area contributed by atoms with Gasteiger partial charge < -0.3 is 9.80 Å². The Kier molecular flexibility index (Phi) is 4.13. The number of fused-ring (bicyclic) bond motifs is 3. The number of aromatic amines is 1. The van der Waals surface area contributed by atoms with E-state index in [1.165, 1.54) is 0 Å². The summed E-state index contributed by atoms with van der Waals surface area (Å²) in [4.78, 5) is 24.7. The van der Waals surface area contributed by atoms with E-state index in [0.717, 1.165) is 41.4 Å². The van der Waals surface area contributed by atoms with Crippen LogP contribution in [-0.2, 0) is 4.79 Å². The van der Waals surface area contributed by atoms with Gasteiger partial charge in [0.25, 0.3) is 0 Å². The fourth-order valence-electron chi connectivity index (χ4n) is 3.67. The fourth-order valence-corrected chi connectivity index (χ4v) is 3.67. The minimum absolute atomic E-state index is 0.0801. The van der Waals surface area contributed by atoms with Gasteiger partial charge in [-0.3, -0.25) is 9.89 Å². The van der Waals surface area contributed by atoms with Crippen LogP contribution in [0.5, 0.6) is 0 Å². The molecule has 1 atom stereocenters. The van der Waals surface area contributed by atoms with Crippen molar-refractivity contribution < 1.29 is 4.79 Å². The zero-order valence-corrected chi connectivity index (χ0v) is 14.5. The molecule has 4 heterocycles. The van der Waals surface area contributed by atoms with Crippen LogP contribution in [0.1, 0.15) is 19.3 Å². The van der Waals surface area contributed by atoms with Gasteiger partial charge in [0.05, 0.1) is 29.7 Å². The van der Waals surface area contributed by atoms with Crippen molar-refractivity contribution in [3.8, 4) is 6.07 Å². The molecule has 1 amide bonds. The van der Waals surface area contributed by atoms with Crippen LogP contribution in [0.2, 0.25) is 0 Å². The van der Waals surface area contributed by atoms with E-state index in [4.69, 9.17) is 5.26 Å². The van der Waals surface area contributed by atoms with Gasteiger partial charge in [0.2, 0.25) is 5.91 Å². The standard InChI is InChI=1S/C18H19N7O/c1-24(16(26)4-6-19)12-3-2-8-25(11-12)15-10-22-23-14-9-21-18-13(17(14)15)5-7-20-18/h5,7,9-10,12,23H,2-4,8,11H2,1H3. The SMILES string of the molecule is CN(C(=O)CC#N)C1CCCN(c2cn[nH]c3cnc4nccc4c23)C1. The molecule has 1 unspecified atom stereocenters. The molecule has 0 spiro atoms. The van der Waals surface area contributed by atoms with E-state index in [2.05, 4.69) is 25.1 Å². The number of amides is 1. The number of carbonyl (C=O) groups is 1. The van der Waals surface area contributed by atoms with Crippen LogP contribution < -0.4 is 4.90 Å². The van der Waals surface area contributed by atoms with Crippen LogP contribution in [-0.4, -0.2) is 57.2 Å². The maximum Gasteiger partial charge on any atom is 0.236 e. The molecule has 132 valence electrons. The van der Waals surface area contributed by atoms with E-state index in [1.54, 1.807) is 24.3 Å². The largest absolute Gasteiger partial charge is 0.368 e. The van der Waals surface area contributed by atoms with E-state index in [9.17, 15) is 4.79 Å². The van der Waals surface area contributed by atoms with Gasteiger partial charge in [0.15, 0.2) is 5.65 Å². The van der Waals surface area contributed by atoms with Crippen molar-refractivity contribution in [3.63, 3.8) is 0 Å². The number of nitrogens with zero attached hydrogens (tertiary/aromatic N) is 6. The number of anilines is 1. The Labute approximate surface area is 150 Å². The Morgan fingerprint density at radius 3 is 3.19 bits per heavy atom. The monoisotopic (exact) mass is 349 g/mol. The summed E-state index contributed by atoms with van der Waals surface area (Å²) in [6.45, 7) is 1.61. The van der Waals surface area contributed by atoms with Crippen molar-refractivity contribution in [2.24, 2.45) is 0 Å². The molecule has 3 aromatic heterocycles. The first-order chi connectivity index (χ1) is 12.7. The van der Waals surface area contributed by atoms with Crippen molar-refractivity contribution in [3.05, 3.63) is 24.7 Å². The molecule has 1 aliphatic heterocycles. The number of H-pyrrole nitrogens is 1. The predicted octanol–water partition coefficient (Wildman–Crippen LogP) is 1.85. The summed E-state index contributed by atoms with van der Waals surface area (Å²) in [5.41, 5.74) is 2.59. The number of piperidine rings is 1. The highest BCUT2D eigenvalue weighted by Gasteiger charge is 2.27. The lowest BCUT2D eigenvalue weighted by Crippen LogP contribution is -2.48. The minimum Gasteiger partial charge on any atom is -0.368 e. The summed E-state index contributed by atoms with van der Waals surface area (Å²) in [5, 5.41) is 18.1. The maximum absolute atomic E-state index is 12.1. The van der Waals surface area contributed by atoms with Gasteiger partial charge in [0.1, 0.15) is 6.42 Å². The van der Waals surface area contributed by atoms with Crippen LogP contribution in [0.25, 0.3) is 21.9 Å². The number of hydrogen-bond donors (Lipinski definition) is 1. The van der Waals surface area contributed by atoms with Gasteiger partial charge in [-0.05, 0) is 18.9 Å². The number of likely N-dealkylation sites (N-methyl/N-ethyl adjacent to an activating group) is 1. The number of pyridine rings is 1. The Morgan fingerprint density at radius 2 is 2.35 bits per heavy atom. The summed E-state index contributed by atoms with van der Waals surface area (Å²) in [6, 6.07) is 3.99. The average Bonchev–Trinajstić information content (AvgIpc) is 3.16. The number of hydrogen-bond acceptors (Lipinski definition) is 6. The van der Waals surface area contributed by atoms with Gasteiger partial charge in [-0.25, -0.2) is 9.97 Å². The Hall–Kier alpha value is -3.21. The highest BCUT2D eigenvalue weighted by molar-refractivity contribution is 6.09. The molecule has 8 heteroatoms. The molecule has 0 saturated carbocycles. The first-order valence-electron chi connectivity index (χ1n) is 8.63. The number of nitriles is 1. The molecular weight excluding hydrogens is 330 g/mol. The molecule has 0 radical (unpaired) electrons. The van der Waals surface area contributed by atoms with Crippen LogP contribution in [0, 0.1) is 11.3 Å². The molecule has 1 aliphatic rings. The lowest BCUT2D eigenvalue weighted by molar-refractivity contribution is -0.131. The Bertz CT molecular complexity index is 1010. The van der Waals surface area contributed by atoms with Crippen molar-refractivity contribution in [2.45, 2.75) is 25.3 Å². The number of nitrogens with one attached hydrogen (secondary N) is 1. The fraction of sp³-hybridized carbons (Fsp3) is 0.389. The third-order valence-electron chi connectivity index (χ3n) is 5.07. The summed E-state index contributed by atoms with van der Waals surface area (Å²) >= 11 is 0. The second kappa shape index (κ2) is 6.59. The van der Waals surface area contributed by atoms with Crippen LogP contribution in [0.4, 0.5) is 5.69 Å². The molecule has 1 saturated heterocycles. The zero-order chi connectivity index (χ0) is 18.1. The second-order valence-corrected chi connectivity index (χ2v) is 6.57. The summed E-state index contributed by atoms with van der Waals surface area (Å²) < 4.78 is 0. The number of aromatic nitrogens is 4. The smallest absolute Gasteiger partial charge is 0.236 e. The molecule has 26 heavy (non-hydrogen) atoms. The van der Waals surface area contributed by atoms with E-state index in [0.29, 0.717) is 12.2 Å². The molecule has 1 N–H and O–H groups in total. The average molecular weight is 349 g/mol. The van der Waals surface area contributed by atoms with Crippen LogP contribution in [0.3, 0.4) is 0 Å². The Balaban J connectivity index is 1.70. The highest BCUT2D eigenvalue weighted by Crippen LogP contribution is 2.32. The van der Waals surface area contributed by atoms with Crippen molar-refractivity contribution in [1.29, 1.82) is 5.26 Å². The molecule has 0 aliphatic carbocycles. The second-order valence-electron chi connectivity index (χ2n) is 6.57. The van der Waals surface area contributed by atoms with Crippen molar-refractivity contribution in [2.75, 3.05) is 25.0 Å². The third-order valence-corrected chi connectivity index (χ3v) is 5.07. The van der Waals surface area contributed by atoms with Gasteiger partial charge in [-0.15, -0.1) is 0 Å².